The summed E-state index contributed by atoms with van der Waals surface area (Å²) in [6.45, 7) is 14.3. The van der Waals surface area contributed by atoms with E-state index in [1.165, 1.54) is 0 Å². The van der Waals surface area contributed by atoms with Crippen LogP contribution in [0, 0.1) is 22.7 Å². The Hall–Kier alpha value is -2.63. The van der Waals surface area contributed by atoms with E-state index in [1.54, 1.807) is 27.7 Å². The minimum Gasteiger partial charge on any atom is -0.507 e. The van der Waals surface area contributed by atoms with Gasteiger partial charge in [0.1, 0.15) is 28.6 Å². The second-order valence-corrected chi connectivity index (χ2v) is 10.5. The van der Waals surface area contributed by atoms with Crippen molar-refractivity contribution in [2.45, 2.75) is 67.7 Å². The Bertz CT molecular complexity index is 1020. The minimum absolute atomic E-state index is 0.0146. The molecule has 6 heteroatoms. The number of aromatic hydroxyl groups is 2. The Labute approximate surface area is 183 Å². The lowest BCUT2D eigenvalue weighted by Crippen LogP contribution is -2.52. The van der Waals surface area contributed by atoms with E-state index in [0.717, 1.165) is 6.07 Å². The summed E-state index contributed by atoms with van der Waals surface area (Å²) in [6, 6.07) is 1.14. The third kappa shape index (κ3) is 3.27. The maximum atomic E-state index is 13.5. The van der Waals surface area contributed by atoms with Gasteiger partial charge < -0.3 is 14.9 Å². The SMILES string of the molecule is CC(C)CC(=O)c1c(O)cc(O)c2c1OC1=C(C(=O)C(C)(C)C(=O)C1(C)C)[C@@H]2C(C)C. The zero-order valence-corrected chi connectivity index (χ0v) is 19.5. The van der Waals surface area contributed by atoms with Gasteiger partial charge in [-0.05, 0) is 39.5 Å². The second kappa shape index (κ2) is 7.21. The van der Waals surface area contributed by atoms with Gasteiger partial charge in [0.15, 0.2) is 17.3 Å². The molecule has 0 amide bonds. The molecule has 0 aromatic heterocycles. The normalized spacial score (nSPS) is 21.8. The average Bonchev–Trinajstić information content (AvgIpc) is 2.63. The van der Waals surface area contributed by atoms with Gasteiger partial charge in [-0.25, -0.2) is 0 Å². The molecule has 0 saturated carbocycles. The first-order chi connectivity index (χ1) is 14.1. The number of hydrogen-bond donors (Lipinski definition) is 2. The molecule has 1 aromatic carbocycles. The quantitative estimate of drug-likeness (QED) is 0.522. The van der Waals surface area contributed by atoms with Gasteiger partial charge in [-0.3, -0.25) is 14.4 Å². The molecule has 1 aliphatic heterocycles. The molecule has 0 spiro atoms. The van der Waals surface area contributed by atoms with Gasteiger partial charge in [-0.2, -0.15) is 0 Å². The average molecular weight is 429 g/mol. The number of ketones is 3. The fourth-order valence-electron chi connectivity index (χ4n) is 4.94. The van der Waals surface area contributed by atoms with Crippen molar-refractivity contribution in [2.75, 3.05) is 0 Å². The van der Waals surface area contributed by atoms with Crippen LogP contribution in [0.25, 0.3) is 0 Å². The number of carbonyl (C=O) groups excluding carboxylic acids is 3. The molecular weight excluding hydrogens is 396 g/mol. The zero-order chi connectivity index (χ0) is 23.6. The number of benzene rings is 1. The molecule has 1 aliphatic carbocycles. The number of phenolic OH excluding ortho intramolecular Hbond substituents is 2. The van der Waals surface area contributed by atoms with Crippen LogP contribution in [0.1, 0.15) is 83.7 Å². The lowest BCUT2D eigenvalue weighted by molar-refractivity contribution is -0.144. The molecule has 3 rings (SSSR count). The van der Waals surface area contributed by atoms with Crippen LogP contribution in [-0.2, 0) is 9.59 Å². The van der Waals surface area contributed by atoms with Gasteiger partial charge in [-0.15, -0.1) is 0 Å². The van der Waals surface area contributed by atoms with Crippen LogP contribution >= 0.6 is 0 Å². The molecule has 1 atom stereocenters. The molecular formula is C25H32O6. The summed E-state index contributed by atoms with van der Waals surface area (Å²) in [7, 11) is 0. The molecule has 31 heavy (non-hydrogen) atoms. The van der Waals surface area contributed by atoms with E-state index in [-0.39, 0.29) is 64.2 Å². The highest BCUT2D eigenvalue weighted by molar-refractivity contribution is 6.20. The number of rotatable bonds is 4. The standard InChI is InChI=1S/C25H32O6/c1-11(2)9-13(26)17-14(27)10-15(28)18-16(12(3)4)19-21(29)24(5,6)23(30)25(7,8)22(19)31-20(17)18/h10-12,16,27-28H,9H2,1-8H3/t16-/m1/s1. The van der Waals surface area contributed by atoms with Gasteiger partial charge in [-0.1, -0.05) is 27.7 Å². The predicted octanol–water partition coefficient (Wildman–Crippen LogP) is 4.92. The predicted molar refractivity (Wildman–Crippen MR) is 116 cm³/mol. The smallest absolute Gasteiger partial charge is 0.175 e. The number of phenols is 2. The molecule has 0 bridgehead atoms. The molecule has 0 saturated heterocycles. The van der Waals surface area contributed by atoms with Crippen molar-refractivity contribution in [2.24, 2.45) is 22.7 Å². The number of carbonyl (C=O) groups is 3. The number of allylic oxidation sites excluding steroid dienone is 2. The van der Waals surface area contributed by atoms with Crippen molar-refractivity contribution in [3.05, 3.63) is 28.5 Å². The van der Waals surface area contributed by atoms with Crippen molar-refractivity contribution in [1.82, 2.24) is 0 Å². The third-order valence-corrected chi connectivity index (χ3v) is 6.40. The van der Waals surface area contributed by atoms with E-state index in [9.17, 15) is 24.6 Å². The van der Waals surface area contributed by atoms with E-state index in [1.807, 2.05) is 27.7 Å². The number of ether oxygens (including phenoxy) is 1. The van der Waals surface area contributed by atoms with Gasteiger partial charge in [0, 0.05) is 29.5 Å². The fraction of sp³-hybridized carbons (Fsp3) is 0.560. The van der Waals surface area contributed by atoms with Crippen molar-refractivity contribution in [3.8, 4) is 17.2 Å². The van der Waals surface area contributed by atoms with Crippen molar-refractivity contribution in [1.29, 1.82) is 0 Å². The highest BCUT2D eigenvalue weighted by atomic mass is 16.5. The van der Waals surface area contributed by atoms with Crippen molar-refractivity contribution < 1.29 is 29.3 Å². The highest BCUT2D eigenvalue weighted by Crippen LogP contribution is 2.58. The van der Waals surface area contributed by atoms with E-state index < -0.39 is 16.7 Å². The molecule has 2 aliphatic rings. The van der Waals surface area contributed by atoms with Crippen LogP contribution in [0.5, 0.6) is 17.2 Å². The van der Waals surface area contributed by atoms with E-state index in [2.05, 4.69) is 0 Å². The maximum absolute atomic E-state index is 13.5. The number of Topliss-reactive ketones (excluding diaryl/α,β-unsaturated/α-hetero) is 3. The van der Waals surface area contributed by atoms with Crippen LogP contribution in [0.2, 0.25) is 0 Å². The van der Waals surface area contributed by atoms with E-state index in [0.29, 0.717) is 11.1 Å². The van der Waals surface area contributed by atoms with Crippen LogP contribution in [0.4, 0.5) is 0 Å². The Morgan fingerprint density at radius 2 is 1.61 bits per heavy atom. The highest BCUT2D eigenvalue weighted by Gasteiger charge is 2.57. The zero-order valence-electron chi connectivity index (χ0n) is 19.5. The summed E-state index contributed by atoms with van der Waals surface area (Å²) in [6.07, 6.45) is 0.181. The third-order valence-electron chi connectivity index (χ3n) is 6.40. The Balaban J connectivity index is 2.38. The Morgan fingerprint density at radius 3 is 2.13 bits per heavy atom. The summed E-state index contributed by atoms with van der Waals surface area (Å²) in [5.74, 6) is -1.95. The number of hydrogen-bond acceptors (Lipinski definition) is 6. The minimum atomic E-state index is -1.24. The maximum Gasteiger partial charge on any atom is 0.175 e. The first kappa shape index (κ1) is 23.0. The molecule has 0 unspecified atom stereocenters. The van der Waals surface area contributed by atoms with Gasteiger partial charge in [0.05, 0.1) is 10.8 Å². The molecule has 0 radical (unpaired) electrons. The molecule has 6 nitrogen and oxygen atoms in total. The summed E-state index contributed by atoms with van der Waals surface area (Å²) >= 11 is 0. The summed E-state index contributed by atoms with van der Waals surface area (Å²) in [5.41, 5.74) is -1.69. The first-order valence-electron chi connectivity index (χ1n) is 10.8. The van der Waals surface area contributed by atoms with Crippen LogP contribution in [-0.4, -0.2) is 27.6 Å². The van der Waals surface area contributed by atoms with E-state index >= 15 is 0 Å². The van der Waals surface area contributed by atoms with Gasteiger partial charge >= 0.3 is 0 Å². The summed E-state index contributed by atoms with van der Waals surface area (Å²) in [4.78, 5) is 39.7. The van der Waals surface area contributed by atoms with E-state index in [4.69, 9.17) is 4.74 Å². The molecule has 1 aromatic rings. The molecule has 2 N–H and O–H groups in total. The van der Waals surface area contributed by atoms with Gasteiger partial charge in [0.2, 0.25) is 0 Å². The number of fused-ring (bicyclic) bond motifs is 1. The Kier molecular flexibility index (Phi) is 5.36. The molecule has 0 fully saturated rings. The lowest BCUT2D eigenvalue weighted by atomic mass is 9.59. The fourth-order valence-corrected chi connectivity index (χ4v) is 4.94. The second-order valence-electron chi connectivity index (χ2n) is 10.5. The van der Waals surface area contributed by atoms with Crippen molar-refractivity contribution in [3.63, 3.8) is 0 Å². The summed E-state index contributed by atoms with van der Waals surface area (Å²) < 4.78 is 6.16. The monoisotopic (exact) mass is 428 g/mol. The molecule has 1 heterocycles. The topological polar surface area (TPSA) is 101 Å². The lowest BCUT2D eigenvalue weighted by Gasteiger charge is -2.45. The van der Waals surface area contributed by atoms with Crippen LogP contribution in [0.15, 0.2) is 17.4 Å². The van der Waals surface area contributed by atoms with Crippen molar-refractivity contribution >= 4 is 17.3 Å². The van der Waals surface area contributed by atoms with Crippen LogP contribution < -0.4 is 4.74 Å². The van der Waals surface area contributed by atoms with Crippen LogP contribution in [0.3, 0.4) is 0 Å². The summed E-state index contributed by atoms with van der Waals surface area (Å²) in [5, 5.41) is 21.3. The first-order valence-corrected chi connectivity index (χ1v) is 10.8. The largest absolute Gasteiger partial charge is 0.507 e. The Morgan fingerprint density at radius 1 is 1.03 bits per heavy atom. The molecule has 168 valence electrons. The van der Waals surface area contributed by atoms with Gasteiger partial charge in [0.25, 0.3) is 0 Å².